The molecule has 18 heavy (non-hydrogen) atoms. The average Bonchev–Trinajstić information content (AvgIpc) is 2.54. The second-order valence-corrected chi connectivity index (χ2v) is 5.26. The summed E-state index contributed by atoms with van der Waals surface area (Å²) in [4.78, 5) is 17.4. The molecule has 0 aromatic carbocycles. The van der Waals surface area contributed by atoms with E-state index in [0.29, 0.717) is 5.82 Å². The third-order valence-electron chi connectivity index (χ3n) is 3.41. The first-order valence-corrected chi connectivity index (χ1v) is 6.59. The van der Waals surface area contributed by atoms with Crippen molar-refractivity contribution in [1.82, 2.24) is 4.98 Å². The molecular formula is C13H17ClN2O2. The molecule has 98 valence electrons. The molecule has 4 nitrogen and oxygen atoms in total. The van der Waals surface area contributed by atoms with Crippen LogP contribution in [-0.2, 0) is 0 Å². The number of rotatable bonds is 2. The second kappa shape index (κ2) is 5.57. The first kappa shape index (κ1) is 13.1. The van der Waals surface area contributed by atoms with Gasteiger partial charge in [0.2, 0.25) is 0 Å². The molecule has 0 radical (unpaired) electrons. The predicted octanol–water partition coefficient (Wildman–Crippen LogP) is 3.06. The normalized spacial score (nSPS) is 20.6. The van der Waals surface area contributed by atoms with Gasteiger partial charge in [-0.15, -0.1) is 0 Å². The maximum Gasteiger partial charge on any atom is 0.337 e. The van der Waals surface area contributed by atoms with Gasteiger partial charge in [0.15, 0.2) is 0 Å². The molecule has 1 aliphatic heterocycles. The average molecular weight is 269 g/mol. The molecule has 0 aliphatic carbocycles. The Bertz CT molecular complexity index is 451. The Hall–Kier alpha value is -1.29. The topological polar surface area (TPSA) is 53.4 Å². The van der Waals surface area contributed by atoms with Gasteiger partial charge in [-0.1, -0.05) is 18.5 Å². The van der Waals surface area contributed by atoms with Crippen LogP contribution >= 0.6 is 11.6 Å². The van der Waals surface area contributed by atoms with Crippen LogP contribution in [0.4, 0.5) is 5.82 Å². The van der Waals surface area contributed by atoms with E-state index in [4.69, 9.17) is 16.7 Å². The Morgan fingerprint density at radius 2 is 2.28 bits per heavy atom. The summed E-state index contributed by atoms with van der Waals surface area (Å²) in [5, 5.41) is 9.24. The van der Waals surface area contributed by atoms with Crippen molar-refractivity contribution in [3.8, 4) is 0 Å². The van der Waals surface area contributed by atoms with Crippen LogP contribution < -0.4 is 4.90 Å². The summed E-state index contributed by atoms with van der Waals surface area (Å²) in [6.07, 6.45) is 4.88. The van der Waals surface area contributed by atoms with E-state index in [9.17, 15) is 4.79 Å². The van der Waals surface area contributed by atoms with E-state index in [1.165, 1.54) is 12.6 Å². The van der Waals surface area contributed by atoms with Gasteiger partial charge in [0.05, 0.1) is 10.6 Å². The van der Waals surface area contributed by atoms with Crippen molar-refractivity contribution in [2.75, 3.05) is 18.0 Å². The molecule has 2 heterocycles. The maximum atomic E-state index is 11.0. The minimum Gasteiger partial charge on any atom is -0.478 e. The first-order chi connectivity index (χ1) is 8.58. The Morgan fingerprint density at radius 3 is 3.00 bits per heavy atom. The van der Waals surface area contributed by atoms with Crippen molar-refractivity contribution < 1.29 is 9.90 Å². The number of hydrogen-bond donors (Lipinski definition) is 1. The Labute approximate surface area is 112 Å². The van der Waals surface area contributed by atoms with Gasteiger partial charge >= 0.3 is 5.97 Å². The van der Waals surface area contributed by atoms with Crippen molar-refractivity contribution in [1.29, 1.82) is 0 Å². The minimum atomic E-state index is -1.01. The fourth-order valence-electron chi connectivity index (χ4n) is 2.26. The molecule has 5 heteroatoms. The van der Waals surface area contributed by atoms with E-state index in [2.05, 4.69) is 16.8 Å². The summed E-state index contributed by atoms with van der Waals surface area (Å²) >= 11 is 5.82. The maximum absolute atomic E-state index is 11.0. The summed E-state index contributed by atoms with van der Waals surface area (Å²) in [5.74, 6) is 0.430. The molecule has 1 saturated heterocycles. The zero-order valence-corrected chi connectivity index (χ0v) is 11.2. The number of carbonyl (C=O) groups is 1. The molecule has 0 bridgehead atoms. The highest BCUT2D eigenvalue weighted by molar-refractivity contribution is 6.33. The molecule has 1 aromatic heterocycles. The zero-order valence-electron chi connectivity index (χ0n) is 10.4. The molecule has 2 rings (SSSR count). The van der Waals surface area contributed by atoms with Crippen molar-refractivity contribution in [2.24, 2.45) is 5.92 Å². The SMILES string of the molecule is CC1CCCN(c2cc(C(=O)O)c(Cl)cn2)CC1. The number of hydrogen-bond acceptors (Lipinski definition) is 3. The lowest BCUT2D eigenvalue weighted by molar-refractivity contribution is 0.0697. The molecule has 0 spiro atoms. The van der Waals surface area contributed by atoms with E-state index in [1.54, 1.807) is 6.07 Å². The summed E-state index contributed by atoms with van der Waals surface area (Å²) in [6, 6.07) is 1.57. The van der Waals surface area contributed by atoms with E-state index < -0.39 is 5.97 Å². The van der Waals surface area contributed by atoms with Crippen molar-refractivity contribution in [3.63, 3.8) is 0 Å². The number of carboxylic acids is 1. The standard InChI is InChI=1S/C13H17ClN2O2/c1-9-3-2-5-16(6-4-9)12-7-10(13(17)18)11(14)8-15-12/h7-9H,2-6H2,1H3,(H,17,18). The monoisotopic (exact) mass is 268 g/mol. The van der Waals surface area contributed by atoms with Crippen molar-refractivity contribution in [2.45, 2.75) is 26.2 Å². The molecule has 1 atom stereocenters. The smallest absolute Gasteiger partial charge is 0.337 e. The number of pyridine rings is 1. The van der Waals surface area contributed by atoms with Crippen LogP contribution in [0, 0.1) is 5.92 Å². The first-order valence-electron chi connectivity index (χ1n) is 6.21. The summed E-state index contributed by atoms with van der Waals surface area (Å²) in [6.45, 7) is 4.11. The van der Waals surface area contributed by atoms with Crippen LogP contribution in [0.3, 0.4) is 0 Å². The highest BCUT2D eigenvalue weighted by atomic mass is 35.5. The lowest BCUT2D eigenvalue weighted by Crippen LogP contribution is -2.25. The lowest BCUT2D eigenvalue weighted by Gasteiger charge is -2.21. The van der Waals surface area contributed by atoms with Crippen LogP contribution in [0.15, 0.2) is 12.3 Å². The third-order valence-corrected chi connectivity index (χ3v) is 3.71. The largest absolute Gasteiger partial charge is 0.478 e. The third kappa shape index (κ3) is 2.93. The Kier molecular flexibility index (Phi) is 4.07. The van der Waals surface area contributed by atoms with Gasteiger partial charge in [-0.3, -0.25) is 0 Å². The lowest BCUT2D eigenvalue weighted by atomic mass is 10.0. The van der Waals surface area contributed by atoms with Gasteiger partial charge in [-0.05, 0) is 31.2 Å². The predicted molar refractivity (Wildman–Crippen MR) is 71.4 cm³/mol. The number of halogens is 1. The fourth-order valence-corrected chi connectivity index (χ4v) is 2.44. The Balaban J connectivity index is 2.22. The van der Waals surface area contributed by atoms with E-state index >= 15 is 0 Å². The molecule has 0 amide bonds. The molecule has 0 saturated carbocycles. The van der Waals surface area contributed by atoms with Crippen LogP contribution in [-0.4, -0.2) is 29.1 Å². The number of nitrogens with zero attached hydrogens (tertiary/aromatic N) is 2. The number of anilines is 1. The van der Waals surface area contributed by atoms with Gasteiger partial charge in [0, 0.05) is 19.3 Å². The fraction of sp³-hybridized carbons (Fsp3) is 0.538. The number of aromatic carboxylic acids is 1. The molecule has 1 fully saturated rings. The van der Waals surface area contributed by atoms with E-state index in [-0.39, 0.29) is 10.6 Å². The van der Waals surface area contributed by atoms with Crippen LogP contribution in [0.2, 0.25) is 5.02 Å². The molecule has 1 aromatic rings. The molecule has 1 aliphatic rings. The van der Waals surface area contributed by atoms with Crippen LogP contribution in [0.1, 0.15) is 36.5 Å². The van der Waals surface area contributed by atoms with E-state index in [1.807, 2.05) is 0 Å². The van der Waals surface area contributed by atoms with Crippen LogP contribution in [0.5, 0.6) is 0 Å². The van der Waals surface area contributed by atoms with Gasteiger partial charge < -0.3 is 10.0 Å². The van der Waals surface area contributed by atoms with Crippen molar-refractivity contribution >= 4 is 23.4 Å². The van der Waals surface area contributed by atoms with Gasteiger partial charge in [-0.25, -0.2) is 9.78 Å². The zero-order chi connectivity index (χ0) is 13.1. The van der Waals surface area contributed by atoms with Crippen molar-refractivity contribution in [3.05, 3.63) is 22.8 Å². The van der Waals surface area contributed by atoms with Gasteiger partial charge in [0.25, 0.3) is 0 Å². The number of carboxylic acid groups (broad SMARTS) is 1. The number of aromatic nitrogens is 1. The van der Waals surface area contributed by atoms with E-state index in [0.717, 1.165) is 31.8 Å². The second-order valence-electron chi connectivity index (χ2n) is 4.85. The highest BCUT2D eigenvalue weighted by Gasteiger charge is 2.17. The molecule has 1 unspecified atom stereocenters. The summed E-state index contributed by atoms with van der Waals surface area (Å²) in [7, 11) is 0. The molecule has 1 N–H and O–H groups in total. The van der Waals surface area contributed by atoms with Crippen LogP contribution in [0.25, 0.3) is 0 Å². The summed E-state index contributed by atoms with van der Waals surface area (Å²) < 4.78 is 0. The summed E-state index contributed by atoms with van der Waals surface area (Å²) in [5.41, 5.74) is 0.124. The minimum absolute atomic E-state index is 0.124. The molecular weight excluding hydrogens is 252 g/mol. The van der Waals surface area contributed by atoms with Gasteiger partial charge in [0.1, 0.15) is 5.82 Å². The highest BCUT2D eigenvalue weighted by Crippen LogP contribution is 2.24. The van der Waals surface area contributed by atoms with Gasteiger partial charge in [-0.2, -0.15) is 0 Å². The Morgan fingerprint density at radius 1 is 1.50 bits per heavy atom. The quantitative estimate of drug-likeness (QED) is 0.896.